The van der Waals surface area contributed by atoms with Crippen molar-refractivity contribution in [2.75, 3.05) is 0 Å². The van der Waals surface area contributed by atoms with E-state index in [0.717, 1.165) is 65.1 Å². The van der Waals surface area contributed by atoms with Crippen LogP contribution < -0.4 is 9.47 Å². The largest absolute Gasteiger partial charge is 0.489 e. The van der Waals surface area contributed by atoms with E-state index in [1.165, 1.54) is 0 Å². The van der Waals surface area contributed by atoms with Crippen molar-refractivity contribution >= 4 is 12.4 Å². The van der Waals surface area contributed by atoms with E-state index in [0.29, 0.717) is 6.61 Å². The van der Waals surface area contributed by atoms with Crippen LogP contribution in [0.4, 0.5) is 0 Å². The van der Waals surface area contributed by atoms with Gasteiger partial charge in [0.2, 0.25) is 0 Å². The van der Waals surface area contributed by atoms with Crippen molar-refractivity contribution in [1.82, 2.24) is 0 Å². The molecule has 0 atom stereocenters. The highest BCUT2D eigenvalue weighted by Crippen LogP contribution is 2.39. The number of carbonyl (C=O) groups is 1. The van der Waals surface area contributed by atoms with Crippen LogP contribution >= 0.6 is 0 Å². The lowest BCUT2D eigenvalue weighted by molar-refractivity contribution is -0.105. The Morgan fingerprint density at radius 1 is 1.08 bits per heavy atom. The lowest BCUT2D eigenvalue weighted by Gasteiger charge is -2.25. The summed E-state index contributed by atoms with van der Waals surface area (Å²) in [5.74, 6) is 2.35. The predicted octanol–water partition coefficient (Wildman–Crippen LogP) is 4.68. The summed E-state index contributed by atoms with van der Waals surface area (Å²) in [5, 5.41) is 0. The van der Waals surface area contributed by atoms with Crippen molar-refractivity contribution in [2.45, 2.75) is 25.9 Å². The van der Waals surface area contributed by atoms with Crippen LogP contribution in [0.2, 0.25) is 0 Å². The first-order chi connectivity index (χ1) is 11.8. The number of rotatable bonds is 4. The fraction of sp³-hybridized carbons (Fsp3) is 0.190. The third-order valence-electron chi connectivity index (χ3n) is 4.39. The van der Waals surface area contributed by atoms with Gasteiger partial charge < -0.3 is 9.47 Å². The lowest BCUT2D eigenvalue weighted by Crippen LogP contribution is -2.13. The van der Waals surface area contributed by atoms with E-state index in [2.05, 4.69) is 6.08 Å². The molecule has 0 spiro atoms. The molecule has 24 heavy (non-hydrogen) atoms. The second-order valence-corrected chi connectivity index (χ2v) is 6.07. The summed E-state index contributed by atoms with van der Waals surface area (Å²) in [7, 11) is 0. The molecule has 2 aliphatic rings. The summed E-state index contributed by atoms with van der Waals surface area (Å²) in [4.78, 5) is 11.2. The summed E-state index contributed by atoms with van der Waals surface area (Å²) in [6.07, 6.45) is 5.77. The second-order valence-electron chi connectivity index (χ2n) is 6.07. The van der Waals surface area contributed by atoms with E-state index in [4.69, 9.17) is 9.47 Å². The van der Waals surface area contributed by atoms with E-state index in [9.17, 15) is 4.79 Å². The lowest BCUT2D eigenvalue weighted by atomic mass is 9.91. The Morgan fingerprint density at radius 2 is 1.96 bits per heavy atom. The van der Waals surface area contributed by atoms with Crippen molar-refractivity contribution in [3.05, 3.63) is 76.6 Å². The first-order valence-corrected chi connectivity index (χ1v) is 8.21. The van der Waals surface area contributed by atoms with Crippen LogP contribution in [-0.4, -0.2) is 6.29 Å². The number of ether oxygens (including phenoxy) is 2. The molecule has 0 unspecified atom stereocenters. The monoisotopic (exact) mass is 318 g/mol. The molecule has 4 rings (SSSR count). The zero-order chi connectivity index (χ0) is 16.4. The molecule has 0 aromatic heterocycles. The van der Waals surface area contributed by atoms with Crippen LogP contribution in [0, 0.1) is 0 Å². The minimum atomic E-state index is 0.539. The van der Waals surface area contributed by atoms with Crippen molar-refractivity contribution in [3.63, 3.8) is 0 Å². The van der Waals surface area contributed by atoms with Gasteiger partial charge in [-0.1, -0.05) is 30.3 Å². The van der Waals surface area contributed by atoms with Crippen molar-refractivity contribution in [3.8, 4) is 11.5 Å². The number of benzene rings is 2. The van der Waals surface area contributed by atoms with Gasteiger partial charge in [-0.3, -0.25) is 4.79 Å². The standard InChI is InChI=1S/C21H18O3/c22-13-17-8-4-7-16-11-18-12-19(9-10-20(18)24-21(16)17)23-14-15-5-2-1-3-6-15/h1-3,5-6,9-13H,4,7-8,14H2. The molecule has 0 N–H and O–H groups in total. The van der Waals surface area contributed by atoms with Crippen molar-refractivity contribution < 1.29 is 14.3 Å². The first kappa shape index (κ1) is 14.8. The molecule has 120 valence electrons. The fourth-order valence-electron chi connectivity index (χ4n) is 3.14. The van der Waals surface area contributed by atoms with Gasteiger partial charge >= 0.3 is 0 Å². The minimum Gasteiger partial charge on any atom is -0.489 e. The second kappa shape index (κ2) is 6.36. The maximum Gasteiger partial charge on any atom is 0.149 e. The molecule has 0 radical (unpaired) electrons. The van der Waals surface area contributed by atoms with Crippen LogP contribution in [0.15, 0.2) is 65.4 Å². The molecule has 1 aliphatic heterocycles. The molecule has 3 heteroatoms. The Labute approximate surface area is 141 Å². The smallest absolute Gasteiger partial charge is 0.149 e. The van der Waals surface area contributed by atoms with Gasteiger partial charge in [-0.25, -0.2) is 0 Å². The molecule has 0 amide bonds. The van der Waals surface area contributed by atoms with Crippen LogP contribution in [-0.2, 0) is 11.4 Å². The van der Waals surface area contributed by atoms with Gasteiger partial charge in [0.25, 0.3) is 0 Å². The van der Waals surface area contributed by atoms with Gasteiger partial charge in [0, 0.05) is 11.1 Å². The Hall–Kier alpha value is -2.81. The molecule has 0 bridgehead atoms. The number of fused-ring (bicyclic) bond motifs is 2. The third-order valence-corrected chi connectivity index (χ3v) is 4.39. The summed E-state index contributed by atoms with van der Waals surface area (Å²) < 4.78 is 11.9. The van der Waals surface area contributed by atoms with Gasteiger partial charge in [0.1, 0.15) is 30.2 Å². The van der Waals surface area contributed by atoms with Crippen LogP contribution in [0.3, 0.4) is 0 Å². The Kier molecular flexibility index (Phi) is 3.91. The quantitative estimate of drug-likeness (QED) is 0.768. The SMILES string of the molecule is O=CC1=C2Oc3ccc(OCc4ccccc4)cc3C=C2CCC1. The average Bonchev–Trinajstić information content (AvgIpc) is 2.65. The molecule has 1 heterocycles. The van der Waals surface area contributed by atoms with Crippen LogP contribution in [0.1, 0.15) is 30.4 Å². The maximum absolute atomic E-state index is 11.2. The number of carbonyl (C=O) groups excluding carboxylic acids is 1. The molecular formula is C21H18O3. The van der Waals surface area contributed by atoms with Gasteiger partial charge in [0.15, 0.2) is 0 Å². The third kappa shape index (κ3) is 2.85. The average molecular weight is 318 g/mol. The highest BCUT2D eigenvalue weighted by molar-refractivity contribution is 5.79. The van der Waals surface area contributed by atoms with Crippen molar-refractivity contribution in [1.29, 1.82) is 0 Å². The predicted molar refractivity (Wildman–Crippen MR) is 92.8 cm³/mol. The van der Waals surface area contributed by atoms with Gasteiger partial charge in [-0.15, -0.1) is 0 Å². The molecule has 2 aromatic carbocycles. The summed E-state index contributed by atoms with van der Waals surface area (Å²) in [6, 6.07) is 15.9. The molecule has 0 saturated heterocycles. The zero-order valence-corrected chi connectivity index (χ0v) is 13.3. The minimum absolute atomic E-state index is 0.539. The number of hydrogen-bond donors (Lipinski definition) is 0. The molecule has 3 nitrogen and oxygen atoms in total. The Morgan fingerprint density at radius 3 is 2.79 bits per heavy atom. The van der Waals surface area contributed by atoms with E-state index in [-0.39, 0.29) is 0 Å². The van der Waals surface area contributed by atoms with Gasteiger partial charge in [-0.2, -0.15) is 0 Å². The van der Waals surface area contributed by atoms with Crippen LogP contribution in [0.25, 0.3) is 6.08 Å². The number of aldehydes is 1. The van der Waals surface area contributed by atoms with Crippen molar-refractivity contribution in [2.24, 2.45) is 0 Å². The molecule has 2 aromatic rings. The Balaban J connectivity index is 1.58. The highest BCUT2D eigenvalue weighted by atomic mass is 16.5. The normalized spacial score (nSPS) is 15.8. The van der Waals surface area contributed by atoms with E-state index >= 15 is 0 Å². The zero-order valence-electron chi connectivity index (χ0n) is 13.3. The van der Waals surface area contributed by atoms with E-state index in [1.807, 2.05) is 48.5 Å². The first-order valence-electron chi connectivity index (χ1n) is 8.21. The molecular weight excluding hydrogens is 300 g/mol. The summed E-state index contributed by atoms with van der Waals surface area (Å²) in [5.41, 5.74) is 4.02. The van der Waals surface area contributed by atoms with Crippen LogP contribution in [0.5, 0.6) is 11.5 Å². The summed E-state index contributed by atoms with van der Waals surface area (Å²) in [6.45, 7) is 0.539. The van der Waals surface area contributed by atoms with E-state index in [1.54, 1.807) is 0 Å². The van der Waals surface area contributed by atoms with Gasteiger partial charge in [-0.05, 0) is 54.7 Å². The summed E-state index contributed by atoms with van der Waals surface area (Å²) >= 11 is 0. The molecule has 1 aliphatic carbocycles. The molecule has 0 fully saturated rings. The topological polar surface area (TPSA) is 35.5 Å². The highest BCUT2D eigenvalue weighted by Gasteiger charge is 2.24. The maximum atomic E-state index is 11.2. The number of allylic oxidation sites excluding steroid dienone is 2. The molecule has 0 saturated carbocycles. The fourth-order valence-corrected chi connectivity index (χ4v) is 3.14. The van der Waals surface area contributed by atoms with Gasteiger partial charge in [0.05, 0.1) is 0 Å². The Bertz CT molecular complexity index is 831. The van der Waals surface area contributed by atoms with E-state index < -0.39 is 0 Å². The number of hydrogen-bond acceptors (Lipinski definition) is 3.